The number of benzene rings is 2. The highest BCUT2D eigenvalue weighted by atomic mass is 16.5. The van der Waals surface area contributed by atoms with Crippen molar-refractivity contribution in [3.05, 3.63) is 76.7 Å². The molecule has 156 valence electrons. The molecule has 5 heteroatoms. The molecule has 2 aromatic carbocycles. The summed E-state index contributed by atoms with van der Waals surface area (Å²) in [6, 6.07) is 17.5. The summed E-state index contributed by atoms with van der Waals surface area (Å²) in [4.78, 5) is 14.2. The molecule has 0 spiro atoms. The van der Waals surface area contributed by atoms with Gasteiger partial charge in [0.05, 0.1) is 24.7 Å². The monoisotopic (exact) mass is 405 g/mol. The zero-order valence-electron chi connectivity index (χ0n) is 17.3. The summed E-state index contributed by atoms with van der Waals surface area (Å²) in [6.45, 7) is 6.05. The van der Waals surface area contributed by atoms with Crippen molar-refractivity contribution in [2.75, 3.05) is 32.8 Å². The minimum Gasteiger partial charge on any atom is -0.493 e. The van der Waals surface area contributed by atoms with E-state index in [2.05, 4.69) is 41.3 Å². The van der Waals surface area contributed by atoms with Crippen LogP contribution >= 0.6 is 0 Å². The minimum absolute atomic E-state index is 0.420. The van der Waals surface area contributed by atoms with E-state index in [-0.39, 0.29) is 0 Å². The molecule has 0 radical (unpaired) electrons. The van der Waals surface area contributed by atoms with Crippen molar-refractivity contribution in [3.63, 3.8) is 0 Å². The Morgan fingerprint density at radius 3 is 2.70 bits per heavy atom. The van der Waals surface area contributed by atoms with Gasteiger partial charge in [0.1, 0.15) is 17.1 Å². The van der Waals surface area contributed by atoms with Gasteiger partial charge in [-0.2, -0.15) is 0 Å². The summed E-state index contributed by atoms with van der Waals surface area (Å²) in [6.07, 6.45) is 4.35. The molecule has 1 aliphatic rings. The van der Waals surface area contributed by atoms with Gasteiger partial charge in [-0.25, -0.2) is 4.79 Å². The molecular formula is C25H27NO4. The zero-order valence-corrected chi connectivity index (χ0v) is 17.3. The van der Waals surface area contributed by atoms with Crippen LogP contribution in [0.5, 0.6) is 11.5 Å². The van der Waals surface area contributed by atoms with Crippen molar-refractivity contribution in [2.45, 2.75) is 19.8 Å². The molecule has 0 atom stereocenters. The van der Waals surface area contributed by atoms with E-state index in [1.165, 1.54) is 17.2 Å². The van der Waals surface area contributed by atoms with Crippen LogP contribution in [0.1, 0.15) is 25.3 Å². The second-order valence-corrected chi connectivity index (χ2v) is 7.37. The van der Waals surface area contributed by atoms with Crippen molar-refractivity contribution in [1.29, 1.82) is 0 Å². The third-order valence-electron chi connectivity index (χ3n) is 5.30. The van der Waals surface area contributed by atoms with Gasteiger partial charge >= 0.3 is 5.63 Å². The molecule has 0 N–H and O–H groups in total. The maximum Gasteiger partial charge on any atom is 0.339 e. The molecular weight excluding hydrogens is 378 g/mol. The van der Waals surface area contributed by atoms with Crippen LogP contribution in [0.3, 0.4) is 0 Å². The van der Waals surface area contributed by atoms with Crippen molar-refractivity contribution >= 4 is 16.5 Å². The smallest absolute Gasteiger partial charge is 0.339 e. The lowest BCUT2D eigenvalue weighted by Gasteiger charge is -2.26. The average molecular weight is 405 g/mol. The maximum absolute atomic E-state index is 11.7. The van der Waals surface area contributed by atoms with Gasteiger partial charge < -0.3 is 13.9 Å². The van der Waals surface area contributed by atoms with Gasteiger partial charge in [0.15, 0.2) is 0 Å². The number of hydrogen-bond acceptors (Lipinski definition) is 5. The first kappa shape index (κ1) is 20.2. The van der Waals surface area contributed by atoms with Crippen molar-refractivity contribution in [1.82, 2.24) is 4.90 Å². The van der Waals surface area contributed by atoms with E-state index in [1.54, 1.807) is 6.07 Å². The summed E-state index contributed by atoms with van der Waals surface area (Å²) >= 11 is 0. The highest BCUT2D eigenvalue weighted by molar-refractivity contribution is 5.84. The number of hydrogen-bond donors (Lipinski definition) is 0. The summed E-state index contributed by atoms with van der Waals surface area (Å²) in [5.41, 5.74) is 2.83. The second kappa shape index (κ2) is 9.63. The molecule has 5 nitrogen and oxygen atoms in total. The van der Waals surface area contributed by atoms with Crippen molar-refractivity contribution in [3.8, 4) is 11.5 Å². The van der Waals surface area contributed by atoms with E-state index in [0.717, 1.165) is 37.9 Å². The van der Waals surface area contributed by atoms with E-state index in [0.29, 0.717) is 30.3 Å². The lowest BCUT2D eigenvalue weighted by molar-refractivity contribution is 0.248. The molecule has 0 fully saturated rings. The molecule has 0 amide bonds. The van der Waals surface area contributed by atoms with Crippen LogP contribution in [0.25, 0.3) is 16.5 Å². The molecule has 0 unspecified atom stereocenters. The Morgan fingerprint density at radius 1 is 1.07 bits per heavy atom. The topological polar surface area (TPSA) is 51.9 Å². The Bertz CT molecular complexity index is 1070. The Hall–Kier alpha value is -3.05. The Balaban J connectivity index is 1.28. The van der Waals surface area contributed by atoms with Crippen LogP contribution in [0.4, 0.5) is 0 Å². The molecule has 4 rings (SSSR count). The van der Waals surface area contributed by atoms with E-state index in [9.17, 15) is 4.79 Å². The fourth-order valence-corrected chi connectivity index (χ4v) is 3.78. The molecule has 3 aromatic rings. The van der Waals surface area contributed by atoms with Crippen LogP contribution in [-0.4, -0.2) is 37.7 Å². The fraction of sp³-hybridized carbons (Fsp3) is 0.320. The van der Waals surface area contributed by atoms with Crippen LogP contribution < -0.4 is 15.1 Å². The number of nitrogens with zero attached hydrogens (tertiary/aromatic N) is 1. The van der Waals surface area contributed by atoms with E-state index in [1.807, 2.05) is 19.1 Å². The van der Waals surface area contributed by atoms with Gasteiger partial charge in [-0.1, -0.05) is 36.4 Å². The van der Waals surface area contributed by atoms with Gasteiger partial charge in [-0.3, -0.25) is 4.90 Å². The molecule has 1 aliphatic heterocycles. The third kappa shape index (κ3) is 4.92. The lowest BCUT2D eigenvalue weighted by atomic mass is 9.99. The Labute approximate surface area is 176 Å². The van der Waals surface area contributed by atoms with E-state index >= 15 is 0 Å². The molecule has 1 aromatic heterocycles. The quantitative estimate of drug-likeness (QED) is 0.400. The SMILES string of the molecule is CCOc1cc(=O)oc2cc(OCCCN3CC=C(c4ccccc4)CC3)ccc12. The fourth-order valence-electron chi connectivity index (χ4n) is 3.78. The second-order valence-electron chi connectivity index (χ2n) is 7.37. The minimum atomic E-state index is -0.420. The Morgan fingerprint density at radius 2 is 1.93 bits per heavy atom. The first-order valence-corrected chi connectivity index (χ1v) is 10.5. The maximum atomic E-state index is 11.7. The lowest BCUT2D eigenvalue weighted by Crippen LogP contribution is -2.30. The summed E-state index contributed by atoms with van der Waals surface area (Å²) in [5, 5.41) is 0.776. The summed E-state index contributed by atoms with van der Waals surface area (Å²) < 4.78 is 16.7. The number of rotatable bonds is 8. The van der Waals surface area contributed by atoms with Gasteiger partial charge in [0.2, 0.25) is 0 Å². The van der Waals surface area contributed by atoms with Gasteiger partial charge in [-0.15, -0.1) is 0 Å². The van der Waals surface area contributed by atoms with Crippen LogP contribution in [0, 0.1) is 0 Å². The van der Waals surface area contributed by atoms with Gasteiger partial charge in [-0.05, 0) is 43.0 Å². The van der Waals surface area contributed by atoms with Crippen molar-refractivity contribution < 1.29 is 13.9 Å². The normalized spacial score (nSPS) is 14.5. The van der Waals surface area contributed by atoms with E-state index in [4.69, 9.17) is 13.9 Å². The predicted molar refractivity (Wildman–Crippen MR) is 119 cm³/mol. The number of fused-ring (bicyclic) bond motifs is 1. The molecule has 0 aliphatic carbocycles. The summed E-state index contributed by atoms with van der Waals surface area (Å²) in [7, 11) is 0. The largest absolute Gasteiger partial charge is 0.493 e. The zero-order chi connectivity index (χ0) is 20.8. The first-order valence-electron chi connectivity index (χ1n) is 10.5. The highest BCUT2D eigenvalue weighted by Gasteiger charge is 2.13. The van der Waals surface area contributed by atoms with Crippen molar-refractivity contribution in [2.24, 2.45) is 0 Å². The first-order chi connectivity index (χ1) is 14.7. The average Bonchev–Trinajstić information content (AvgIpc) is 2.77. The number of ether oxygens (including phenoxy) is 2. The predicted octanol–water partition coefficient (Wildman–Crippen LogP) is 4.75. The molecule has 2 heterocycles. The van der Waals surface area contributed by atoms with E-state index < -0.39 is 5.63 Å². The molecule has 30 heavy (non-hydrogen) atoms. The molecule has 0 saturated heterocycles. The van der Waals surface area contributed by atoms with Crippen LogP contribution in [-0.2, 0) is 0 Å². The Kier molecular flexibility index (Phi) is 6.50. The van der Waals surface area contributed by atoms with Crippen LogP contribution in [0.2, 0.25) is 0 Å². The van der Waals surface area contributed by atoms with Gasteiger partial charge in [0.25, 0.3) is 0 Å². The molecule has 0 saturated carbocycles. The van der Waals surface area contributed by atoms with Crippen LogP contribution in [0.15, 0.2) is 69.9 Å². The summed E-state index contributed by atoms with van der Waals surface area (Å²) in [5.74, 6) is 1.24. The molecule has 0 bridgehead atoms. The van der Waals surface area contributed by atoms with Gasteiger partial charge in [0, 0.05) is 25.7 Å². The standard InChI is InChI=1S/C25H27NO4/c1-2-28-23-18-25(27)30-24-17-21(9-10-22(23)24)29-16-6-13-26-14-11-20(12-15-26)19-7-4-3-5-8-19/h3-5,7-11,17-18H,2,6,12-16H2,1H3. The third-order valence-corrected chi connectivity index (χ3v) is 5.30. The highest BCUT2D eigenvalue weighted by Crippen LogP contribution is 2.27.